The first-order valence-corrected chi connectivity index (χ1v) is 7.42. The number of benzene rings is 1. The summed E-state index contributed by atoms with van der Waals surface area (Å²) in [5.74, 6) is -0.105. The normalized spacial score (nSPS) is 22.4. The van der Waals surface area contributed by atoms with Crippen LogP contribution in [-0.4, -0.2) is 31.1 Å². The predicted octanol–water partition coefficient (Wildman–Crippen LogP) is 3.35. The first kappa shape index (κ1) is 14.5. The van der Waals surface area contributed by atoms with Gasteiger partial charge in [0.1, 0.15) is 5.82 Å². The van der Waals surface area contributed by atoms with E-state index in [0.29, 0.717) is 6.04 Å². The molecule has 0 radical (unpaired) electrons. The highest BCUT2D eigenvalue weighted by atomic mass is 19.1. The van der Waals surface area contributed by atoms with Gasteiger partial charge in [0.25, 0.3) is 0 Å². The molecule has 2 unspecified atom stereocenters. The average Bonchev–Trinajstić information content (AvgIpc) is 2.46. The van der Waals surface area contributed by atoms with Crippen molar-refractivity contribution in [2.24, 2.45) is 0 Å². The smallest absolute Gasteiger partial charge is 0.128 e. The standard InChI is InChI=1S/C16H25FN2/c1-3-13-8-6-7-11-19(13)12-16(18-2)14-9-4-5-10-15(14)17/h4-5,9-10,13,16,18H,3,6-8,11-12H2,1-2H3. The minimum atomic E-state index is -0.105. The maximum atomic E-state index is 13.9. The molecular weight excluding hydrogens is 239 g/mol. The Hall–Kier alpha value is -0.930. The van der Waals surface area contributed by atoms with Crippen LogP contribution in [0, 0.1) is 5.82 Å². The molecule has 2 nitrogen and oxygen atoms in total. The first-order valence-electron chi connectivity index (χ1n) is 7.42. The van der Waals surface area contributed by atoms with E-state index in [1.807, 2.05) is 19.2 Å². The van der Waals surface area contributed by atoms with E-state index in [9.17, 15) is 4.39 Å². The van der Waals surface area contributed by atoms with Gasteiger partial charge in [-0.3, -0.25) is 4.90 Å². The molecule has 0 bridgehead atoms. The minimum absolute atomic E-state index is 0.0772. The van der Waals surface area contributed by atoms with E-state index in [-0.39, 0.29) is 11.9 Å². The molecule has 2 atom stereocenters. The second-order valence-electron chi connectivity index (χ2n) is 5.42. The summed E-state index contributed by atoms with van der Waals surface area (Å²) in [6, 6.07) is 7.84. The van der Waals surface area contributed by atoms with Gasteiger partial charge in [-0.1, -0.05) is 31.5 Å². The molecule has 106 valence electrons. The van der Waals surface area contributed by atoms with Crippen LogP contribution in [0.25, 0.3) is 0 Å². The minimum Gasteiger partial charge on any atom is -0.312 e. The Balaban J connectivity index is 2.08. The molecule has 0 amide bonds. The van der Waals surface area contributed by atoms with E-state index >= 15 is 0 Å². The maximum Gasteiger partial charge on any atom is 0.128 e. The molecule has 1 aliphatic rings. The quantitative estimate of drug-likeness (QED) is 0.877. The van der Waals surface area contributed by atoms with E-state index in [0.717, 1.165) is 18.7 Å². The van der Waals surface area contributed by atoms with E-state index in [1.54, 1.807) is 12.1 Å². The summed E-state index contributed by atoms with van der Waals surface area (Å²) < 4.78 is 13.9. The molecule has 1 fully saturated rings. The van der Waals surface area contributed by atoms with Crippen LogP contribution in [0.1, 0.15) is 44.2 Å². The number of piperidine rings is 1. The van der Waals surface area contributed by atoms with Crippen LogP contribution in [0.4, 0.5) is 4.39 Å². The Morgan fingerprint density at radius 1 is 1.37 bits per heavy atom. The summed E-state index contributed by atoms with van der Waals surface area (Å²) in [4.78, 5) is 2.52. The van der Waals surface area contributed by atoms with Crippen LogP contribution in [0.15, 0.2) is 24.3 Å². The zero-order valence-electron chi connectivity index (χ0n) is 12.0. The van der Waals surface area contributed by atoms with Gasteiger partial charge in [-0.05, 0) is 38.9 Å². The van der Waals surface area contributed by atoms with Crippen LogP contribution in [-0.2, 0) is 0 Å². The van der Waals surface area contributed by atoms with Crippen LogP contribution >= 0.6 is 0 Å². The molecule has 0 saturated carbocycles. The third-order valence-electron chi connectivity index (χ3n) is 4.27. The lowest BCUT2D eigenvalue weighted by atomic mass is 9.97. The van der Waals surface area contributed by atoms with Gasteiger partial charge in [0, 0.05) is 24.2 Å². The van der Waals surface area contributed by atoms with Crippen molar-refractivity contribution in [2.45, 2.75) is 44.7 Å². The Kier molecular flexibility index (Phi) is 5.34. The van der Waals surface area contributed by atoms with Crippen molar-refractivity contribution in [1.82, 2.24) is 10.2 Å². The molecule has 0 spiro atoms. The lowest BCUT2D eigenvalue weighted by molar-refractivity contribution is 0.130. The first-order chi connectivity index (χ1) is 9.26. The molecule has 19 heavy (non-hydrogen) atoms. The van der Waals surface area contributed by atoms with Crippen molar-refractivity contribution < 1.29 is 4.39 Å². The highest BCUT2D eigenvalue weighted by molar-refractivity contribution is 5.21. The number of halogens is 1. The van der Waals surface area contributed by atoms with Gasteiger partial charge < -0.3 is 5.32 Å². The number of rotatable bonds is 5. The second kappa shape index (κ2) is 7.01. The zero-order chi connectivity index (χ0) is 13.7. The van der Waals surface area contributed by atoms with Crippen molar-refractivity contribution in [3.8, 4) is 0 Å². The average molecular weight is 264 g/mol. The summed E-state index contributed by atoms with van der Waals surface area (Å²) in [6.07, 6.45) is 5.07. The highest BCUT2D eigenvalue weighted by Crippen LogP contribution is 2.24. The Morgan fingerprint density at radius 2 is 2.16 bits per heavy atom. The zero-order valence-corrected chi connectivity index (χ0v) is 12.0. The lowest BCUT2D eigenvalue weighted by Crippen LogP contribution is -2.43. The Bertz CT molecular complexity index is 394. The summed E-state index contributed by atoms with van der Waals surface area (Å²) in [5.41, 5.74) is 0.783. The molecule has 1 N–H and O–H groups in total. The molecule has 1 heterocycles. The molecule has 3 heteroatoms. The Labute approximate surface area is 116 Å². The van der Waals surface area contributed by atoms with Gasteiger partial charge in [0.05, 0.1) is 0 Å². The van der Waals surface area contributed by atoms with Gasteiger partial charge in [0.2, 0.25) is 0 Å². The van der Waals surface area contributed by atoms with E-state index in [4.69, 9.17) is 0 Å². The largest absolute Gasteiger partial charge is 0.312 e. The number of hydrogen-bond acceptors (Lipinski definition) is 2. The van der Waals surface area contributed by atoms with Crippen molar-refractivity contribution in [1.29, 1.82) is 0 Å². The number of nitrogens with zero attached hydrogens (tertiary/aromatic N) is 1. The van der Waals surface area contributed by atoms with E-state index < -0.39 is 0 Å². The van der Waals surface area contributed by atoms with Gasteiger partial charge in [-0.15, -0.1) is 0 Å². The molecule has 1 saturated heterocycles. The number of hydrogen-bond donors (Lipinski definition) is 1. The number of likely N-dealkylation sites (tertiary alicyclic amines) is 1. The molecule has 0 aromatic heterocycles. The molecule has 0 aliphatic carbocycles. The highest BCUT2D eigenvalue weighted by Gasteiger charge is 2.24. The third kappa shape index (κ3) is 3.54. The van der Waals surface area contributed by atoms with Crippen LogP contribution in [0.5, 0.6) is 0 Å². The lowest BCUT2D eigenvalue weighted by Gasteiger charge is -2.37. The predicted molar refractivity (Wildman–Crippen MR) is 77.7 cm³/mol. The SMILES string of the molecule is CCC1CCCCN1CC(NC)c1ccccc1F. The molecule has 1 aliphatic heterocycles. The topological polar surface area (TPSA) is 15.3 Å². The molecule has 1 aromatic rings. The van der Waals surface area contributed by atoms with Gasteiger partial charge in [-0.25, -0.2) is 4.39 Å². The molecular formula is C16H25FN2. The second-order valence-corrected chi connectivity index (χ2v) is 5.42. The maximum absolute atomic E-state index is 13.9. The summed E-state index contributed by atoms with van der Waals surface area (Å²) >= 11 is 0. The number of likely N-dealkylation sites (N-methyl/N-ethyl adjacent to an activating group) is 1. The van der Waals surface area contributed by atoms with Crippen LogP contribution in [0.2, 0.25) is 0 Å². The summed E-state index contributed by atoms with van der Waals surface area (Å²) in [7, 11) is 1.92. The van der Waals surface area contributed by atoms with Crippen molar-refractivity contribution in [2.75, 3.05) is 20.1 Å². The fourth-order valence-corrected chi connectivity index (χ4v) is 3.10. The fraction of sp³-hybridized carbons (Fsp3) is 0.625. The van der Waals surface area contributed by atoms with Crippen molar-refractivity contribution in [3.63, 3.8) is 0 Å². The van der Waals surface area contributed by atoms with E-state index in [1.165, 1.54) is 25.7 Å². The van der Waals surface area contributed by atoms with Crippen molar-refractivity contribution >= 4 is 0 Å². The Morgan fingerprint density at radius 3 is 2.84 bits per heavy atom. The monoisotopic (exact) mass is 264 g/mol. The fourth-order valence-electron chi connectivity index (χ4n) is 3.10. The summed E-state index contributed by atoms with van der Waals surface area (Å²) in [6.45, 7) is 4.29. The molecule has 2 rings (SSSR count). The molecule has 1 aromatic carbocycles. The number of nitrogens with one attached hydrogen (secondary N) is 1. The van der Waals surface area contributed by atoms with Crippen LogP contribution in [0.3, 0.4) is 0 Å². The van der Waals surface area contributed by atoms with Crippen molar-refractivity contribution in [3.05, 3.63) is 35.6 Å². The van der Waals surface area contributed by atoms with Gasteiger partial charge in [-0.2, -0.15) is 0 Å². The van der Waals surface area contributed by atoms with Gasteiger partial charge >= 0.3 is 0 Å². The van der Waals surface area contributed by atoms with Gasteiger partial charge in [0.15, 0.2) is 0 Å². The third-order valence-corrected chi connectivity index (χ3v) is 4.27. The van der Waals surface area contributed by atoms with E-state index in [2.05, 4.69) is 17.1 Å². The summed E-state index contributed by atoms with van der Waals surface area (Å²) in [5, 5.41) is 3.27. The van der Waals surface area contributed by atoms with Crippen LogP contribution < -0.4 is 5.32 Å².